The maximum Gasteiger partial charge on any atom is 0.190 e. The maximum atomic E-state index is 5.63. The van der Waals surface area contributed by atoms with E-state index in [2.05, 4.69) is 15.6 Å². The van der Waals surface area contributed by atoms with Crippen molar-refractivity contribution >= 4 is 5.96 Å². The molecular formula is C10H21N3O2. The largest absolute Gasteiger partial charge is 0.379 e. The Labute approximate surface area is 91.2 Å². The fraction of sp³-hybridized carbons (Fsp3) is 0.900. The summed E-state index contributed by atoms with van der Waals surface area (Å²) in [5.74, 6) is 0.819. The summed E-state index contributed by atoms with van der Waals surface area (Å²) in [5.41, 5.74) is 0. The summed E-state index contributed by atoms with van der Waals surface area (Å²) in [6, 6.07) is 0. The first-order valence-corrected chi connectivity index (χ1v) is 5.44. The number of hydrogen-bond acceptors (Lipinski definition) is 3. The smallest absolute Gasteiger partial charge is 0.190 e. The molecule has 0 saturated carbocycles. The molecule has 5 heteroatoms. The van der Waals surface area contributed by atoms with E-state index >= 15 is 0 Å². The average molecular weight is 215 g/mol. The first-order chi connectivity index (χ1) is 7.36. The molecule has 1 saturated heterocycles. The third-order valence-electron chi connectivity index (χ3n) is 2.32. The average Bonchev–Trinajstić information content (AvgIpc) is 2.76. The Bertz CT molecular complexity index is 191. The van der Waals surface area contributed by atoms with Crippen molar-refractivity contribution in [3.05, 3.63) is 0 Å². The summed E-state index contributed by atoms with van der Waals surface area (Å²) in [6.45, 7) is 3.25. The number of aliphatic imine (C=N–C) groups is 1. The van der Waals surface area contributed by atoms with Crippen molar-refractivity contribution in [2.24, 2.45) is 4.99 Å². The van der Waals surface area contributed by atoms with E-state index in [0.29, 0.717) is 6.10 Å². The van der Waals surface area contributed by atoms with Gasteiger partial charge in [-0.15, -0.1) is 0 Å². The Kier molecular flexibility index (Phi) is 6.11. The zero-order valence-corrected chi connectivity index (χ0v) is 9.58. The molecule has 1 rings (SSSR count). The minimum atomic E-state index is 0.314. The van der Waals surface area contributed by atoms with Gasteiger partial charge in [0.15, 0.2) is 5.96 Å². The molecule has 0 aromatic rings. The molecule has 0 radical (unpaired) electrons. The Morgan fingerprint density at radius 2 is 2.47 bits per heavy atom. The van der Waals surface area contributed by atoms with Gasteiger partial charge in [0.05, 0.1) is 12.7 Å². The zero-order chi connectivity index (χ0) is 10.9. The zero-order valence-electron chi connectivity index (χ0n) is 9.58. The first-order valence-electron chi connectivity index (χ1n) is 5.44. The van der Waals surface area contributed by atoms with Crippen LogP contribution in [0.25, 0.3) is 0 Å². The number of nitrogens with one attached hydrogen (secondary N) is 2. The first kappa shape index (κ1) is 12.3. The van der Waals surface area contributed by atoms with Crippen molar-refractivity contribution in [1.29, 1.82) is 0 Å². The van der Waals surface area contributed by atoms with Gasteiger partial charge in [0, 0.05) is 33.9 Å². The molecule has 0 aromatic heterocycles. The second-order valence-corrected chi connectivity index (χ2v) is 3.46. The standard InChI is InChI=1S/C10H21N3O2/c1-11-10(12-2)13-5-3-6-15-9-4-7-14-8-9/h9H,3-8H2,1-2H3,(H2,11,12,13). The molecule has 1 aliphatic rings. The molecular weight excluding hydrogens is 194 g/mol. The molecule has 88 valence electrons. The quantitative estimate of drug-likeness (QED) is 0.384. The molecule has 1 atom stereocenters. The Hall–Kier alpha value is -0.810. The van der Waals surface area contributed by atoms with Crippen molar-refractivity contribution in [2.45, 2.75) is 18.9 Å². The van der Waals surface area contributed by atoms with Gasteiger partial charge < -0.3 is 20.1 Å². The van der Waals surface area contributed by atoms with Crippen molar-refractivity contribution in [3.8, 4) is 0 Å². The van der Waals surface area contributed by atoms with Crippen LogP contribution in [0.1, 0.15) is 12.8 Å². The van der Waals surface area contributed by atoms with Gasteiger partial charge in [-0.2, -0.15) is 0 Å². The summed E-state index contributed by atoms with van der Waals surface area (Å²) in [4.78, 5) is 4.02. The van der Waals surface area contributed by atoms with Crippen LogP contribution in [0.15, 0.2) is 4.99 Å². The van der Waals surface area contributed by atoms with E-state index < -0.39 is 0 Å². The Balaban J connectivity index is 1.92. The van der Waals surface area contributed by atoms with E-state index in [-0.39, 0.29) is 0 Å². The van der Waals surface area contributed by atoms with Gasteiger partial charge in [-0.3, -0.25) is 4.99 Å². The Morgan fingerprint density at radius 1 is 1.60 bits per heavy atom. The van der Waals surface area contributed by atoms with Gasteiger partial charge in [-0.05, 0) is 12.8 Å². The number of guanidine groups is 1. The lowest BCUT2D eigenvalue weighted by molar-refractivity contribution is 0.0420. The van der Waals surface area contributed by atoms with Crippen LogP contribution >= 0.6 is 0 Å². The number of hydrogen-bond donors (Lipinski definition) is 2. The molecule has 2 N–H and O–H groups in total. The number of rotatable bonds is 5. The van der Waals surface area contributed by atoms with Gasteiger partial charge in [0.2, 0.25) is 0 Å². The molecule has 1 heterocycles. The van der Waals surface area contributed by atoms with Gasteiger partial charge in [0.1, 0.15) is 0 Å². The fourth-order valence-corrected chi connectivity index (χ4v) is 1.45. The highest BCUT2D eigenvalue weighted by Crippen LogP contribution is 2.07. The molecule has 1 fully saturated rings. The fourth-order valence-electron chi connectivity index (χ4n) is 1.45. The third-order valence-corrected chi connectivity index (χ3v) is 2.32. The molecule has 1 unspecified atom stereocenters. The molecule has 0 bridgehead atoms. The van der Waals surface area contributed by atoms with Crippen molar-refractivity contribution in [1.82, 2.24) is 10.6 Å². The lowest BCUT2D eigenvalue weighted by atomic mass is 10.3. The van der Waals surface area contributed by atoms with E-state index in [1.54, 1.807) is 7.05 Å². The summed E-state index contributed by atoms with van der Waals surface area (Å²) in [7, 11) is 3.60. The monoisotopic (exact) mass is 215 g/mol. The highest BCUT2D eigenvalue weighted by molar-refractivity contribution is 5.79. The van der Waals surface area contributed by atoms with Crippen LogP contribution in [0, 0.1) is 0 Å². The van der Waals surface area contributed by atoms with Crippen LogP contribution in [0.4, 0.5) is 0 Å². The summed E-state index contributed by atoms with van der Waals surface area (Å²) in [5, 5.41) is 6.13. The highest BCUT2D eigenvalue weighted by atomic mass is 16.5. The molecule has 0 amide bonds. The molecule has 1 aliphatic heterocycles. The third kappa shape index (κ3) is 4.99. The van der Waals surface area contributed by atoms with E-state index in [1.807, 2.05) is 7.05 Å². The number of nitrogens with zero attached hydrogens (tertiary/aromatic N) is 1. The second-order valence-electron chi connectivity index (χ2n) is 3.46. The van der Waals surface area contributed by atoms with Gasteiger partial charge in [-0.1, -0.05) is 0 Å². The van der Waals surface area contributed by atoms with Crippen molar-refractivity contribution < 1.29 is 9.47 Å². The van der Waals surface area contributed by atoms with E-state index in [4.69, 9.17) is 9.47 Å². The van der Waals surface area contributed by atoms with Gasteiger partial charge in [-0.25, -0.2) is 0 Å². The molecule has 5 nitrogen and oxygen atoms in total. The predicted molar refractivity (Wildman–Crippen MR) is 60.2 cm³/mol. The normalized spacial score (nSPS) is 21.7. The predicted octanol–water partition coefficient (Wildman–Crippen LogP) is -0.0232. The lowest BCUT2D eigenvalue weighted by Crippen LogP contribution is -2.35. The van der Waals surface area contributed by atoms with Crippen LogP contribution in [-0.2, 0) is 9.47 Å². The van der Waals surface area contributed by atoms with Gasteiger partial charge >= 0.3 is 0 Å². The SMILES string of the molecule is CN=C(NC)NCCCOC1CCOC1. The van der Waals surface area contributed by atoms with Crippen LogP contribution in [-0.4, -0.2) is 52.5 Å². The molecule has 0 aromatic carbocycles. The van der Waals surface area contributed by atoms with Crippen LogP contribution in [0.2, 0.25) is 0 Å². The highest BCUT2D eigenvalue weighted by Gasteiger charge is 2.15. The summed E-state index contributed by atoms with van der Waals surface area (Å²) < 4.78 is 10.8. The molecule has 15 heavy (non-hydrogen) atoms. The van der Waals surface area contributed by atoms with E-state index in [0.717, 1.165) is 45.2 Å². The molecule has 0 aliphatic carbocycles. The summed E-state index contributed by atoms with van der Waals surface area (Å²) in [6.07, 6.45) is 2.33. The Morgan fingerprint density at radius 3 is 3.07 bits per heavy atom. The van der Waals surface area contributed by atoms with Crippen molar-refractivity contribution in [3.63, 3.8) is 0 Å². The lowest BCUT2D eigenvalue weighted by Gasteiger charge is -2.11. The maximum absolute atomic E-state index is 5.63. The van der Waals surface area contributed by atoms with E-state index in [9.17, 15) is 0 Å². The van der Waals surface area contributed by atoms with E-state index in [1.165, 1.54) is 0 Å². The molecule has 0 spiro atoms. The summed E-state index contributed by atoms with van der Waals surface area (Å²) >= 11 is 0. The topological polar surface area (TPSA) is 54.9 Å². The minimum absolute atomic E-state index is 0.314. The van der Waals surface area contributed by atoms with Crippen molar-refractivity contribution in [2.75, 3.05) is 40.5 Å². The van der Waals surface area contributed by atoms with Crippen LogP contribution in [0.3, 0.4) is 0 Å². The van der Waals surface area contributed by atoms with Crippen LogP contribution in [0.5, 0.6) is 0 Å². The van der Waals surface area contributed by atoms with Crippen LogP contribution < -0.4 is 10.6 Å². The van der Waals surface area contributed by atoms with Gasteiger partial charge in [0.25, 0.3) is 0 Å². The second kappa shape index (κ2) is 7.48. The number of ether oxygens (including phenoxy) is 2. The minimum Gasteiger partial charge on any atom is -0.379 e.